The Morgan fingerprint density at radius 2 is 1.80 bits per heavy atom. The first kappa shape index (κ1) is 15.0. The van der Waals surface area contributed by atoms with Crippen molar-refractivity contribution in [3.63, 3.8) is 0 Å². The van der Waals surface area contributed by atoms with Gasteiger partial charge in [-0.1, -0.05) is 24.3 Å². The summed E-state index contributed by atoms with van der Waals surface area (Å²) in [5.74, 6) is 0.827. The van der Waals surface area contributed by atoms with Crippen LogP contribution in [0.15, 0.2) is 73.1 Å². The van der Waals surface area contributed by atoms with Gasteiger partial charge in [0.15, 0.2) is 0 Å². The zero-order valence-electron chi connectivity index (χ0n) is 13.2. The number of hydrogen-bond donors (Lipinski definition) is 0. The Bertz CT molecular complexity index is 1040. The van der Waals surface area contributed by atoms with Crippen LogP contribution >= 0.6 is 0 Å². The summed E-state index contributed by atoms with van der Waals surface area (Å²) in [6.07, 6.45) is 3.51. The number of rotatable bonds is 4. The highest BCUT2D eigenvalue weighted by Gasteiger charge is 2.13. The molecule has 6 heteroatoms. The van der Waals surface area contributed by atoms with E-state index in [-0.39, 0.29) is 5.69 Å². The van der Waals surface area contributed by atoms with Crippen molar-refractivity contribution in [2.24, 2.45) is 0 Å². The molecule has 0 aliphatic rings. The molecule has 0 N–H and O–H groups in total. The quantitative estimate of drug-likeness (QED) is 0.418. The third-order valence-corrected chi connectivity index (χ3v) is 4.06. The van der Waals surface area contributed by atoms with Crippen molar-refractivity contribution in [3.8, 4) is 11.4 Å². The Balaban J connectivity index is 1.81. The number of nitro benzene ring substituents is 1. The molecule has 25 heavy (non-hydrogen) atoms. The Kier molecular flexibility index (Phi) is 3.70. The van der Waals surface area contributed by atoms with Gasteiger partial charge in [0.05, 0.1) is 16.0 Å². The number of fused-ring (bicyclic) bond motifs is 1. The zero-order chi connectivity index (χ0) is 17.2. The first-order chi connectivity index (χ1) is 12.2. The highest BCUT2D eigenvalue weighted by molar-refractivity contribution is 5.80. The van der Waals surface area contributed by atoms with Gasteiger partial charge in [0, 0.05) is 36.6 Å². The topological polar surface area (TPSA) is 73.8 Å². The summed E-state index contributed by atoms with van der Waals surface area (Å²) >= 11 is 0. The van der Waals surface area contributed by atoms with E-state index < -0.39 is 4.92 Å². The summed E-state index contributed by atoms with van der Waals surface area (Å²) in [4.78, 5) is 19.4. The second-order valence-corrected chi connectivity index (χ2v) is 5.68. The lowest BCUT2D eigenvalue weighted by Crippen LogP contribution is -2.02. The first-order valence-electron chi connectivity index (χ1n) is 7.81. The Morgan fingerprint density at radius 1 is 1.00 bits per heavy atom. The smallest absolute Gasteiger partial charge is 0.269 e. The van der Waals surface area contributed by atoms with Gasteiger partial charge in [-0.2, -0.15) is 0 Å². The predicted octanol–water partition coefficient (Wildman–Crippen LogP) is 4.05. The van der Waals surface area contributed by atoms with Crippen LogP contribution in [0.4, 0.5) is 5.69 Å². The maximum absolute atomic E-state index is 10.8. The van der Waals surface area contributed by atoms with Crippen LogP contribution in [0.3, 0.4) is 0 Å². The van der Waals surface area contributed by atoms with Gasteiger partial charge in [-0.15, -0.1) is 0 Å². The number of benzene rings is 2. The van der Waals surface area contributed by atoms with Crippen LogP contribution in [0.25, 0.3) is 22.4 Å². The van der Waals surface area contributed by atoms with Gasteiger partial charge in [0.25, 0.3) is 5.69 Å². The number of nitro groups is 1. The van der Waals surface area contributed by atoms with Gasteiger partial charge in [0.2, 0.25) is 0 Å². The Labute approximate surface area is 143 Å². The van der Waals surface area contributed by atoms with E-state index in [9.17, 15) is 10.1 Å². The van der Waals surface area contributed by atoms with Gasteiger partial charge in [0.1, 0.15) is 5.82 Å². The normalized spacial score (nSPS) is 10.9. The molecule has 0 radical (unpaired) electrons. The van der Waals surface area contributed by atoms with Crippen LogP contribution in [-0.2, 0) is 6.54 Å². The molecular weight excluding hydrogens is 316 g/mol. The maximum Gasteiger partial charge on any atom is 0.269 e. The fourth-order valence-corrected chi connectivity index (χ4v) is 2.86. The molecule has 0 saturated heterocycles. The third kappa shape index (κ3) is 2.85. The fourth-order valence-electron chi connectivity index (χ4n) is 2.86. The molecule has 0 saturated carbocycles. The van der Waals surface area contributed by atoms with Gasteiger partial charge < -0.3 is 4.57 Å². The van der Waals surface area contributed by atoms with Gasteiger partial charge in [-0.05, 0) is 29.8 Å². The number of para-hydroxylation sites is 2. The van der Waals surface area contributed by atoms with Gasteiger partial charge in [-0.3, -0.25) is 15.1 Å². The van der Waals surface area contributed by atoms with Crippen molar-refractivity contribution >= 4 is 16.7 Å². The van der Waals surface area contributed by atoms with Crippen LogP contribution in [0.2, 0.25) is 0 Å². The number of non-ortho nitro benzene ring substituents is 1. The minimum atomic E-state index is -0.391. The van der Waals surface area contributed by atoms with E-state index in [2.05, 4.69) is 9.55 Å². The van der Waals surface area contributed by atoms with Crippen molar-refractivity contribution in [1.29, 1.82) is 0 Å². The van der Waals surface area contributed by atoms with Crippen molar-refractivity contribution in [2.75, 3.05) is 0 Å². The molecule has 0 aliphatic carbocycles. The molecule has 0 bridgehead atoms. The SMILES string of the molecule is O=[N+]([O-])c1ccc(Cn2c(-c3cccnc3)nc3ccccc32)cc1. The molecule has 0 atom stereocenters. The first-order valence-corrected chi connectivity index (χ1v) is 7.81. The molecule has 0 amide bonds. The summed E-state index contributed by atoms with van der Waals surface area (Å²) < 4.78 is 2.10. The number of hydrogen-bond acceptors (Lipinski definition) is 4. The zero-order valence-corrected chi connectivity index (χ0v) is 13.2. The van der Waals surface area contributed by atoms with E-state index in [0.29, 0.717) is 6.54 Å². The molecule has 0 fully saturated rings. The van der Waals surface area contributed by atoms with E-state index >= 15 is 0 Å². The molecule has 0 unspecified atom stereocenters. The molecule has 2 heterocycles. The van der Waals surface area contributed by atoms with Crippen LogP contribution in [0, 0.1) is 10.1 Å². The van der Waals surface area contributed by atoms with E-state index in [0.717, 1.165) is 28.0 Å². The minimum absolute atomic E-state index is 0.0896. The lowest BCUT2D eigenvalue weighted by atomic mass is 10.2. The van der Waals surface area contributed by atoms with Gasteiger partial charge in [-0.25, -0.2) is 4.98 Å². The molecule has 2 aromatic carbocycles. The summed E-state index contributed by atoms with van der Waals surface area (Å²) in [6.45, 7) is 0.572. The monoisotopic (exact) mass is 330 g/mol. The van der Waals surface area contributed by atoms with E-state index in [1.54, 1.807) is 24.5 Å². The third-order valence-electron chi connectivity index (χ3n) is 4.06. The number of imidazole rings is 1. The average molecular weight is 330 g/mol. The Hall–Kier alpha value is -3.54. The van der Waals surface area contributed by atoms with Crippen molar-refractivity contribution in [1.82, 2.24) is 14.5 Å². The summed E-state index contributed by atoms with van der Waals surface area (Å²) in [5, 5.41) is 10.8. The van der Waals surface area contributed by atoms with Crippen LogP contribution in [0.1, 0.15) is 5.56 Å². The standard InChI is InChI=1S/C19H14N4O2/c24-23(25)16-9-7-14(8-10-16)13-22-18-6-2-1-5-17(18)21-19(22)15-4-3-11-20-12-15/h1-12H,13H2. The number of aromatic nitrogens is 3. The second kappa shape index (κ2) is 6.16. The summed E-state index contributed by atoms with van der Waals surface area (Å²) in [6, 6.07) is 18.4. The molecule has 0 spiro atoms. The maximum atomic E-state index is 10.8. The average Bonchev–Trinajstić information content (AvgIpc) is 3.02. The number of nitrogens with zero attached hydrogens (tertiary/aromatic N) is 4. The molecule has 0 aliphatic heterocycles. The van der Waals surface area contributed by atoms with Crippen LogP contribution in [-0.4, -0.2) is 19.5 Å². The van der Waals surface area contributed by atoms with Crippen molar-refractivity contribution in [3.05, 3.63) is 88.7 Å². The Morgan fingerprint density at radius 3 is 2.52 bits per heavy atom. The molecule has 122 valence electrons. The van der Waals surface area contributed by atoms with E-state index in [4.69, 9.17) is 4.98 Å². The highest BCUT2D eigenvalue weighted by Crippen LogP contribution is 2.25. The molecular formula is C19H14N4O2. The van der Waals surface area contributed by atoms with E-state index in [1.807, 2.05) is 36.4 Å². The molecule has 4 rings (SSSR count). The predicted molar refractivity (Wildman–Crippen MR) is 95.2 cm³/mol. The molecule has 6 nitrogen and oxygen atoms in total. The van der Waals surface area contributed by atoms with Crippen LogP contribution < -0.4 is 0 Å². The fraction of sp³-hybridized carbons (Fsp3) is 0.0526. The largest absolute Gasteiger partial charge is 0.319 e. The molecule has 4 aromatic rings. The van der Waals surface area contributed by atoms with E-state index in [1.165, 1.54) is 12.1 Å². The van der Waals surface area contributed by atoms with Gasteiger partial charge >= 0.3 is 0 Å². The van der Waals surface area contributed by atoms with Crippen molar-refractivity contribution < 1.29 is 4.92 Å². The highest BCUT2D eigenvalue weighted by atomic mass is 16.6. The summed E-state index contributed by atoms with van der Waals surface area (Å²) in [5.41, 5.74) is 3.91. The summed E-state index contributed by atoms with van der Waals surface area (Å²) in [7, 11) is 0. The van der Waals surface area contributed by atoms with Crippen LogP contribution in [0.5, 0.6) is 0 Å². The molecule has 2 aromatic heterocycles. The lowest BCUT2D eigenvalue weighted by Gasteiger charge is -2.09. The number of pyridine rings is 1. The lowest BCUT2D eigenvalue weighted by molar-refractivity contribution is -0.384. The minimum Gasteiger partial charge on any atom is -0.319 e. The second-order valence-electron chi connectivity index (χ2n) is 5.68. The van der Waals surface area contributed by atoms with Crippen molar-refractivity contribution in [2.45, 2.75) is 6.54 Å².